The molecule has 0 radical (unpaired) electrons. The van der Waals surface area contributed by atoms with Crippen molar-refractivity contribution < 1.29 is 9.84 Å². The Bertz CT molecular complexity index is 535. The Hall–Kier alpha value is -2.13. The van der Waals surface area contributed by atoms with E-state index in [0.717, 1.165) is 11.1 Å². The number of hydrogen-bond donors (Lipinski definition) is 1. The molecule has 0 unspecified atom stereocenters. The molecule has 0 bridgehead atoms. The van der Waals surface area contributed by atoms with E-state index in [-0.39, 0.29) is 6.61 Å². The minimum Gasteiger partial charge on any atom is -0.481 e. The highest BCUT2D eigenvalue weighted by Crippen LogP contribution is 2.21. The second-order valence-corrected chi connectivity index (χ2v) is 3.79. The summed E-state index contributed by atoms with van der Waals surface area (Å²) in [7, 11) is 1.55. The molecule has 0 atom stereocenters. The number of aliphatic hydroxyl groups is 1. The maximum atomic E-state index is 9.37. The highest BCUT2D eigenvalue weighted by molar-refractivity contribution is 5.71. The van der Waals surface area contributed by atoms with Crippen LogP contribution in [0.1, 0.15) is 16.7 Å². The summed E-state index contributed by atoms with van der Waals surface area (Å²) < 4.78 is 5.12. The third kappa shape index (κ3) is 2.76. The summed E-state index contributed by atoms with van der Waals surface area (Å²) in [5, 5.41) is 9.37. The predicted molar refractivity (Wildman–Crippen MR) is 72.1 cm³/mol. The number of aliphatic hydroxyl groups excluding tert-OH is 1. The smallest absolute Gasteiger partial charge is 0.219 e. The Balaban J connectivity index is 2.32. The fraction of sp³-hybridized carbons (Fsp3) is 0.133. The van der Waals surface area contributed by atoms with E-state index in [1.165, 1.54) is 0 Å². The molecule has 0 saturated carbocycles. The fourth-order valence-electron chi connectivity index (χ4n) is 1.73. The van der Waals surface area contributed by atoms with Crippen LogP contribution < -0.4 is 4.74 Å². The Labute approximate surface area is 106 Å². The summed E-state index contributed by atoms with van der Waals surface area (Å²) in [5.41, 5.74) is 2.72. The van der Waals surface area contributed by atoms with E-state index in [4.69, 9.17) is 4.74 Å². The molecule has 0 amide bonds. The second-order valence-electron chi connectivity index (χ2n) is 3.79. The zero-order valence-electron chi connectivity index (χ0n) is 10.2. The van der Waals surface area contributed by atoms with Gasteiger partial charge in [-0.05, 0) is 17.2 Å². The van der Waals surface area contributed by atoms with Gasteiger partial charge in [-0.3, -0.25) is 0 Å². The Kier molecular flexibility index (Phi) is 4.10. The molecule has 0 fully saturated rings. The molecule has 92 valence electrons. The maximum Gasteiger partial charge on any atom is 0.219 e. The van der Waals surface area contributed by atoms with Crippen LogP contribution in [0.25, 0.3) is 12.2 Å². The topological polar surface area (TPSA) is 42.4 Å². The predicted octanol–water partition coefficient (Wildman–Crippen LogP) is 2.75. The lowest BCUT2D eigenvalue weighted by molar-refractivity contribution is 0.271. The van der Waals surface area contributed by atoms with Gasteiger partial charge in [0, 0.05) is 11.8 Å². The number of benzene rings is 1. The third-order valence-electron chi connectivity index (χ3n) is 2.66. The average Bonchev–Trinajstić information content (AvgIpc) is 2.45. The minimum atomic E-state index is -0.0918. The number of nitrogens with zero attached hydrogens (tertiary/aromatic N) is 1. The van der Waals surface area contributed by atoms with Gasteiger partial charge in [0.15, 0.2) is 0 Å². The van der Waals surface area contributed by atoms with Crippen LogP contribution in [-0.4, -0.2) is 17.2 Å². The maximum absolute atomic E-state index is 9.37. The first-order chi connectivity index (χ1) is 8.85. The van der Waals surface area contributed by atoms with Gasteiger partial charge in [-0.2, -0.15) is 0 Å². The SMILES string of the molecule is COc1nccc(/C=C/c2ccccc2)c1CO. The van der Waals surface area contributed by atoms with E-state index in [0.29, 0.717) is 11.4 Å². The standard InChI is InChI=1S/C15H15NO2/c1-18-15-14(11-17)13(9-10-16-15)8-7-12-5-3-2-4-6-12/h2-10,17H,11H2,1H3/b8-7+. The molecule has 18 heavy (non-hydrogen) atoms. The molecule has 0 saturated heterocycles. The molecule has 1 aromatic carbocycles. The summed E-state index contributed by atoms with van der Waals surface area (Å²) >= 11 is 0. The number of pyridine rings is 1. The van der Waals surface area contributed by atoms with Crippen LogP contribution in [0.3, 0.4) is 0 Å². The third-order valence-corrected chi connectivity index (χ3v) is 2.66. The Morgan fingerprint density at radius 1 is 1.17 bits per heavy atom. The van der Waals surface area contributed by atoms with Crippen LogP contribution in [0.4, 0.5) is 0 Å². The number of aromatic nitrogens is 1. The van der Waals surface area contributed by atoms with Gasteiger partial charge >= 0.3 is 0 Å². The lowest BCUT2D eigenvalue weighted by Gasteiger charge is -2.07. The second kappa shape index (κ2) is 5.98. The van der Waals surface area contributed by atoms with Crippen LogP contribution in [0.15, 0.2) is 42.6 Å². The lowest BCUT2D eigenvalue weighted by Crippen LogP contribution is -1.97. The van der Waals surface area contributed by atoms with E-state index in [1.54, 1.807) is 13.3 Å². The van der Waals surface area contributed by atoms with Gasteiger partial charge < -0.3 is 9.84 Å². The van der Waals surface area contributed by atoms with Crippen molar-refractivity contribution in [2.24, 2.45) is 0 Å². The van der Waals surface area contributed by atoms with Crippen LogP contribution in [0.2, 0.25) is 0 Å². The zero-order valence-corrected chi connectivity index (χ0v) is 10.2. The van der Waals surface area contributed by atoms with E-state index in [1.807, 2.05) is 48.6 Å². The minimum absolute atomic E-state index is 0.0918. The van der Waals surface area contributed by atoms with Crippen LogP contribution in [0.5, 0.6) is 5.88 Å². The molecular weight excluding hydrogens is 226 g/mol. The normalized spacial score (nSPS) is 10.8. The molecule has 1 heterocycles. The lowest BCUT2D eigenvalue weighted by atomic mass is 10.1. The summed E-state index contributed by atoms with van der Waals surface area (Å²) in [6, 6.07) is 11.8. The molecule has 0 aliphatic rings. The molecule has 2 rings (SSSR count). The van der Waals surface area contributed by atoms with Gasteiger partial charge in [-0.15, -0.1) is 0 Å². The molecule has 1 N–H and O–H groups in total. The van der Waals surface area contributed by atoms with Crippen LogP contribution >= 0.6 is 0 Å². The van der Waals surface area contributed by atoms with E-state index >= 15 is 0 Å². The van der Waals surface area contributed by atoms with Crippen molar-refractivity contribution >= 4 is 12.2 Å². The number of hydrogen-bond acceptors (Lipinski definition) is 3. The van der Waals surface area contributed by atoms with Crippen LogP contribution in [-0.2, 0) is 6.61 Å². The molecular formula is C15H15NO2. The van der Waals surface area contributed by atoms with Crippen molar-refractivity contribution in [1.29, 1.82) is 0 Å². The van der Waals surface area contributed by atoms with Gasteiger partial charge in [0.25, 0.3) is 0 Å². The van der Waals surface area contributed by atoms with Gasteiger partial charge in [-0.1, -0.05) is 42.5 Å². The van der Waals surface area contributed by atoms with E-state index in [9.17, 15) is 5.11 Å². The average molecular weight is 241 g/mol. The Morgan fingerprint density at radius 2 is 1.94 bits per heavy atom. The summed E-state index contributed by atoms with van der Waals surface area (Å²) in [4.78, 5) is 4.07. The number of rotatable bonds is 4. The monoisotopic (exact) mass is 241 g/mol. The number of methoxy groups -OCH3 is 1. The molecule has 0 aliphatic heterocycles. The van der Waals surface area contributed by atoms with Crippen molar-refractivity contribution in [3.05, 3.63) is 59.3 Å². The van der Waals surface area contributed by atoms with Crippen molar-refractivity contribution in [3.63, 3.8) is 0 Å². The molecule has 2 aromatic rings. The summed E-state index contributed by atoms with van der Waals surface area (Å²) in [6.07, 6.45) is 5.61. The Morgan fingerprint density at radius 3 is 2.61 bits per heavy atom. The van der Waals surface area contributed by atoms with E-state index in [2.05, 4.69) is 4.98 Å². The largest absolute Gasteiger partial charge is 0.481 e. The summed E-state index contributed by atoms with van der Waals surface area (Å²) in [5.74, 6) is 0.465. The van der Waals surface area contributed by atoms with Crippen molar-refractivity contribution in [2.75, 3.05) is 7.11 Å². The van der Waals surface area contributed by atoms with Gasteiger partial charge in [0.2, 0.25) is 5.88 Å². The highest BCUT2D eigenvalue weighted by Gasteiger charge is 2.06. The van der Waals surface area contributed by atoms with Crippen molar-refractivity contribution in [1.82, 2.24) is 4.98 Å². The molecule has 3 heteroatoms. The van der Waals surface area contributed by atoms with Gasteiger partial charge in [0.05, 0.1) is 13.7 Å². The highest BCUT2D eigenvalue weighted by atomic mass is 16.5. The van der Waals surface area contributed by atoms with Crippen molar-refractivity contribution in [3.8, 4) is 5.88 Å². The van der Waals surface area contributed by atoms with Crippen molar-refractivity contribution in [2.45, 2.75) is 6.61 Å². The molecule has 0 spiro atoms. The fourth-order valence-corrected chi connectivity index (χ4v) is 1.73. The van der Waals surface area contributed by atoms with Gasteiger partial charge in [-0.25, -0.2) is 4.98 Å². The molecule has 3 nitrogen and oxygen atoms in total. The molecule has 0 aliphatic carbocycles. The zero-order chi connectivity index (χ0) is 12.8. The first-order valence-corrected chi connectivity index (χ1v) is 5.71. The quantitative estimate of drug-likeness (QED) is 0.895. The summed E-state index contributed by atoms with van der Waals surface area (Å²) in [6.45, 7) is -0.0918. The van der Waals surface area contributed by atoms with Crippen LogP contribution in [0, 0.1) is 0 Å². The number of ether oxygens (including phenoxy) is 1. The van der Waals surface area contributed by atoms with Gasteiger partial charge in [0.1, 0.15) is 0 Å². The molecule has 1 aromatic heterocycles. The first-order valence-electron chi connectivity index (χ1n) is 5.71. The first kappa shape index (κ1) is 12.3. The van der Waals surface area contributed by atoms with E-state index < -0.39 is 0 Å².